The molecule has 1 aromatic heterocycles. The molecular formula is C20H24ClN3O4. The number of anilines is 1. The van der Waals surface area contributed by atoms with Crippen molar-refractivity contribution in [3.05, 3.63) is 51.8 Å². The maximum atomic E-state index is 12.1. The van der Waals surface area contributed by atoms with Crippen molar-refractivity contribution in [2.45, 2.75) is 25.5 Å². The van der Waals surface area contributed by atoms with Crippen LogP contribution in [0.1, 0.15) is 22.8 Å². The number of aromatic nitrogens is 1. The molecule has 2 saturated heterocycles. The van der Waals surface area contributed by atoms with Crippen LogP contribution in [0.5, 0.6) is 0 Å². The second-order valence-electron chi connectivity index (χ2n) is 6.99. The Morgan fingerprint density at radius 1 is 1.29 bits per heavy atom. The molecule has 2 atom stereocenters. The van der Waals surface area contributed by atoms with Gasteiger partial charge in [-0.25, -0.2) is 4.79 Å². The lowest BCUT2D eigenvalue weighted by Gasteiger charge is -2.25. The molecule has 8 heteroatoms. The standard InChI is InChI=1S/C20H23N3O4.ClH/c1-2-12-9-15(20(25)26)19(24)22-18(12)13-3-5-14(6-4-13)23-10-16-17(11-23)27-8-7-21-16;/h3-6,9,16-17,21H,2,7-8,10-11H2,1H3,(H,22,24)(H,25,26);1H. The average Bonchev–Trinajstić information content (AvgIpc) is 3.12. The Morgan fingerprint density at radius 3 is 2.68 bits per heavy atom. The van der Waals surface area contributed by atoms with E-state index in [1.165, 1.54) is 6.07 Å². The fourth-order valence-electron chi connectivity index (χ4n) is 3.91. The van der Waals surface area contributed by atoms with E-state index in [1.807, 2.05) is 31.2 Å². The van der Waals surface area contributed by atoms with Gasteiger partial charge in [0.2, 0.25) is 0 Å². The fraction of sp³-hybridized carbons (Fsp3) is 0.400. The Kier molecular flexibility index (Phi) is 6.07. The second kappa shape index (κ2) is 8.34. The molecule has 2 aliphatic heterocycles. The van der Waals surface area contributed by atoms with E-state index in [4.69, 9.17) is 9.84 Å². The number of carboxylic acid groups (broad SMARTS) is 1. The highest BCUT2D eigenvalue weighted by Gasteiger charge is 2.35. The van der Waals surface area contributed by atoms with Crippen LogP contribution < -0.4 is 15.8 Å². The first-order valence-electron chi connectivity index (χ1n) is 9.26. The molecule has 0 radical (unpaired) electrons. The highest BCUT2D eigenvalue weighted by molar-refractivity contribution is 5.88. The van der Waals surface area contributed by atoms with Crippen LogP contribution in [0, 0.1) is 0 Å². The van der Waals surface area contributed by atoms with Crippen LogP contribution in [0.15, 0.2) is 35.1 Å². The third-order valence-corrected chi connectivity index (χ3v) is 5.36. The molecule has 2 aromatic rings. The monoisotopic (exact) mass is 405 g/mol. The van der Waals surface area contributed by atoms with Gasteiger partial charge in [-0.1, -0.05) is 19.1 Å². The van der Waals surface area contributed by atoms with Gasteiger partial charge in [0.05, 0.1) is 24.4 Å². The molecule has 2 aliphatic rings. The Bertz CT molecular complexity index is 899. The zero-order valence-corrected chi connectivity index (χ0v) is 16.4. The lowest BCUT2D eigenvalue weighted by molar-refractivity contribution is 0.0212. The highest BCUT2D eigenvalue weighted by Crippen LogP contribution is 2.27. The van der Waals surface area contributed by atoms with Crippen LogP contribution in [-0.2, 0) is 11.2 Å². The molecule has 2 fully saturated rings. The number of aromatic amines is 1. The first-order chi connectivity index (χ1) is 13.1. The number of hydrogen-bond acceptors (Lipinski definition) is 5. The first-order valence-corrected chi connectivity index (χ1v) is 9.26. The number of carboxylic acids is 1. The molecule has 0 spiro atoms. The Morgan fingerprint density at radius 2 is 2.04 bits per heavy atom. The van der Waals surface area contributed by atoms with Gasteiger partial charge in [-0.3, -0.25) is 4.79 Å². The van der Waals surface area contributed by atoms with Crippen LogP contribution in [0.4, 0.5) is 5.69 Å². The summed E-state index contributed by atoms with van der Waals surface area (Å²) in [6, 6.07) is 9.85. The van der Waals surface area contributed by atoms with E-state index in [0.29, 0.717) is 18.2 Å². The van der Waals surface area contributed by atoms with Gasteiger partial charge >= 0.3 is 5.97 Å². The largest absolute Gasteiger partial charge is 0.477 e. The number of hydrogen-bond donors (Lipinski definition) is 3. The SMILES string of the molecule is CCc1cc(C(=O)O)c(=O)[nH]c1-c1ccc(N2CC3NCCOC3C2)cc1.Cl. The minimum absolute atomic E-state index is 0. The number of aromatic carboxylic acids is 1. The molecule has 1 aromatic carbocycles. The number of aryl methyl sites for hydroxylation is 1. The van der Waals surface area contributed by atoms with Gasteiger partial charge in [-0.2, -0.15) is 0 Å². The number of ether oxygens (including phenoxy) is 1. The number of carbonyl (C=O) groups is 1. The molecule has 4 rings (SSSR count). The van der Waals surface area contributed by atoms with Gasteiger partial charge in [-0.15, -0.1) is 12.4 Å². The maximum absolute atomic E-state index is 12.1. The number of benzene rings is 1. The number of pyridine rings is 1. The van der Waals surface area contributed by atoms with Crippen LogP contribution >= 0.6 is 12.4 Å². The summed E-state index contributed by atoms with van der Waals surface area (Å²) in [5.74, 6) is -1.21. The molecule has 0 aliphatic carbocycles. The van der Waals surface area contributed by atoms with E-state index < -0.39 is 11.5 Å². The van der Waals surface area contributed by atoms with Crippen LogP contribution in [-0.4, -0.2) is 54.4 Å². The number of H-pyrrole nitrogens is 1. The summed E-state index contributed by atoms with van der Waals surface area (Å²) in [6.45, 7) is 5.37. The van der Waals surface area contributed by atoms with Crippen molar-refractivity contribution >= 4 is 24.1 Å². The van der Waals surface area contributed by atoms with Crippen molar-refractivity contribution in [3.63, 3.8) is 0 Å². The van der Waals surface area contributed by atoms with E-state index in [0.717, 1.165) is 43.1 Å². The van der Waals surface area contributed by atoms with Crippen molar-refractivity contribution in [3.8, 4) is 11.3 Å². The highest BCUT2D eigenvalue weighted by atomic mass is 35.5. The summed E-state index contributed by atoms with van der Waals surface area (Å²) in [5, 5.41) is 12.7. The van der Waals surface area contributed by atoms with Crippen LogP contribution in [0.2, 0.25) is 0 Å². The number of fused-ring (bicyclic) bond motifs is 1. The molecule has 2 unspecified atom stereocenters. The number of morpholine rings is 1. The topological polar surface area (TPSA) is 94.7 Å². The van der Waals surface area contributed by atoms with E-state index >= 15 is 0 Å². The van der Waals surface area contributed by atoms with Gasteiger partial charge in [0.25, 0.3) is 5.56 Å². The Labute approximate surface area is 169 Å². The van der Waals surface area contributed by atoms with Crippen molar-refractivity contribution < 1.29 is 14.6 Å². The molecule has 28 heavy (non-hydrogen) atoms. The Balaban J connectivity index is 0.00000225. The quantitative estimate of drug-likeness (QED) is 0.719. The summed E-state index contributed by atoms with van der Waals surface area (Å²) >= 11 is 0. The molecule has 7 nitrogen and oxygen atoms in total. The van der Waals surface area contributed by atoms with Gasteiger partial charge in [0.1, 0.15) is 5.56 Å². The molecule has 0 amide bonds. The summed E-state index contributed by atoms with van der Waals surface area (Å²) in [5.41, 5.74) is 2.67. The van der Waals surface area contributed by atoms with E-state index in [9.17, 15) is 9.59 Å². The number of nitrogens with one attached hydrogen (secondary N) is 2. The van der Waals surface area contributed by atoms with Crippen molar-refractivity contribution in [1.29, 1.82) is 0 Å². The van der Waals surface area contributed by atoms with Crippen molar-refractivity contribution in [2.24, 2.45) is 0 Å². The lowest BCUT2D eigenvalue weighted by atomic mass is 10.0. The lowest BCUT2D eigenvalue weighted by Crippen LogP contribution is -2.47. The summed E-state index contributed by atoms with van der Waals surface area (Å²) in [4.78, 5) is 28.3. The van der Waals surface area contributed by atoms with Crippen molar-refractivity contribution in [1.82, 2.24) is 10.3 Å². The smallest absolute Gasteiger partial charge is 0.341 e. The summed E-state index contributed by atoms with van der Waals surface area (Å²) in [7, 11) is 0. The van der Waals surface area contributed by atoms with Gasteiger partial charge < -0.3 is 25.0 Å². The Hall–Kier alpha value is -2.35. The fourth-order valence-corrected chi connectivity index (χ4v) is 3.91. The predicted molar refractivity (Wildman–Crippen MR) is 110 cm³/mol. The van der Waals surface area contributed by atoms with E-state index in [1.54, 1.807) is 0 Å². The molecule has 3 N–H and O–H groups in total. The third kappa shape index (κ3) is 3.78. The van der Waals surface area contributed by atoms with E-state index in [2.05, 4.69) is 15.2 Å². The third-order valence-electron chi connectivity index (χ3n) is 5.36. The number of rotatable bonds is 4. The molecule has 3 heterocycles. The molecular weight excluding hydrogens is 382 g/mol. The van der Waals surface area contributed by atoms with Crippen LogP contribution in [0.25, 0.3) is 11.3 Å². The molecule has 0 bridgehead atoms. The minimum atomic E-state index is -1.21. The summed E-state index contributed by atoms with van der Waals surface area (Å²) in [6.07, 6.45) is 0.858. The van der Waals surface area contributed by atoms with Gasteiger partial charge in [0.15, 0.2) is 0 Å². The molecule has 150 valence electrons. The predicted octanol–water partition coefficient (Wildman–Crippen LogP) is 1.90. The zero-order chi connectivity index (χ0) is 19.0. The zero-order valence-electron chi connectivity index (χ0n) is 15.6. The number of nitrogens with zero attached hydrogens (tertiary/aromatic N) is 1. The first kappa shape index (κ1) is 20.4. The summed E-state index contributed by atoms with van der Waals surface area (Å²) < 4.78 is 5.83. The minimum Gasteiger partial charge on any atom is -0.477 e. The number of halogens is 1. The van der Waals surface area contributed by atoms with Gasteiger partial charge in [-0.05, 0) is 35.7 Å². The normalized spacial score (nSPS) is 21.1. The van der Waals surface area contributed by atoms with E-state index in [-0.39, 0.29) is 24.1 Å². The molecule has 0 saturated carbocycles. The van der Waals surface area contributed by atoms with Crippen molar-refractivity contribution in [2.75, 3.05) is 31.1 Å². The maximum Gasteiger partial charge on any atom is 0.341 e. The second-order valence-corrected chi connectivity index (χ2v) is 6.99. The van der Waals surface area contributed by atoms with Crippen LogP contribution in [0.3, 0.4) is 0 Å². The van der Waals surface area contributed by atoms with Gasteiger partial charge in [0, 0.05) is 25.3 Å². The average molecular weight is 406 g/mol.